The predicted molar refractivity (Wildman–Crippen MR) is 32.8 cm³/mol. The van der Waals surface area contributed by atoms with Crippen molar-refractivity contribution < 1.29 is 9.84 Å². The van der Waals surface area contributed by atoms with Crippen LogP contribution < -0.4 is 0 Å². The molecule has 2 heteroatoms. The largest absolute Gasteiger partial charge is 0.368 e. The Morgan fingerprint density at radius 2 is 2.44 bits per heavy atom. The number of fused-ring (bicyclic) bond motifs is 1. The van der Waals surface area contributed by atoms with Crippen molar-refractivity contribution in [3.63, 3.8) is 0 Å². The summed E-state index contributed by atoms with van der Waals surface area (Å²) in [4.78, 5) is 0. The second kappa shape index (κ2) is 1.50. The van der Waals surface area contributed by atoms with Crippen molar-refractivity contribution in [3.05, 3.63) is 0 Å². The van der Waals surface area contributed by atoms with Crippen molar-refractivity contribution in [1.82, 2.24) is 0 Å². The van der Waals surface area contributed by atoms with Crippen LogP contribution in [0.15, 0.2) is 0 Å². The molecular weight excluding hydrogens is 116 g/mol. The molecule has 52 valence electrons. The molecule has 1 heterocycles. The van der Waals surface area contributed by atoms with E-state index in [1.807, 2.05) is 0 Å². The van der Waals surface area contributed by atoms with Gasteiger partial charge >= 0.3 is 0 Å². The third-order valence-electron chi connectivity index (χ3n) is 2.85. The number of hydrogen-bond acceptors (Lipinski definition) is 2. The Balaban J connectivity index is 2.15. The molecule has 0 aromatic carbocycles. The lowest BCUT2D eigenvalue weighted by Crippen LogP contribution is -2.38. The van der Waals surface area contributed by atoms with E-state index in [-0.39, 0.29) is 0 Å². The fourth-order valence-corrected chi connectivity index (χ4v) is 1.86. The van der Waals surface area contributed by atoms with Gasteiger partial charge in [0.2, 0.25) is 0 Å². The minimum atomic E-state index is -0.455. The summed E-state index contributed by atoms with van der Waals surface area (Å²) in [5, 5.41) is 9.16. The minimum absolute atomic E-state index is 0.333. The molecule has 2 aliphatic rings. The highest BCUT2D eigenvalue weighted by atomic mass is 16.6. The smallest absolute Gasteiger partial charge is 0.157 e. The molecule has 1 N–H and O–H groups in total. The summed E-state index contributed by atoms with van der Waals surface area (Å²) < 4.78 is 5.10. The Morgan fingerprint density at radius 3 is 2.67 bits per heavy atom. The van der Waals surface area contributed by atoms with Crippen LogP contribution in [0, 0.1) is 11.3 Å². The van der Waals surface area contributed by atoms with E-state index < -0.39 is 6.29 Å². The predicted octanol–water partition coefficient (Wildman–Crippen LogP) is 0.751. The van der Waals surface area contributed by atoms with E-state index in [4.69, 9.17) is 9.84 Å². The summed E-state index contributed by atoms with van der Waals surface area (Å²) in [6.45, 7) is 2.95. The van der Waals surface area contributed by atoms with Gasteiger partial charge in [-0.25, -0.2) is 0 Å². The topological polar surface area (TPSA) is 29.5 Å². The number of aliphatic hydroxyl groups excluding tert-OH is 1. The molecule has 0 spiro atoms. The minimum Gasteiger partial charge on any atom is -0.368 e. The molecule has 0 aromatic heterocycles. The molecule has 1 saturated heterocycles. The number of ether oxygens (including phenoxy) is 1. The van der Waals surface area contributed by atoms with Crippen molar-refractivity contribution in [2.45, 2.75) is 26.1 Å². The maximum atomic E-state index is 9.16. The van der Waals surface area contributed by atoms with Crippen LogP contribution in [0.25, 0.3) is 0 Å². The van der Waals surface area contributed by atoms with Gasteiger partial charge in [-0.1, -0.05) is 6.92 Å². The quantitative estimate of drug-likeness (QED) is 0.521. The average molecular weight is 128 g/mol. The summed E-state index contributed by atoms with van der Waals surface area (Å²) in [7, 11) is 0. The summed E-state index contributed by atoms with van der Waals surface area (Å²) in [6, 6.07) is 0. The standard InChI is InChI=1S/C7H12O2/c1-7-3-2-5(7)6(8)9-4-7/h5-6,8H,2-4H2,1H3/t5-,6-,7+/m1/s1. The van der Waals surface area contributed by atoms with Crippen LogP contribution in [0.4, 0.5) is 0 Å². The molecule has 2 rings (SSSR count). The molecule has 0 amide bonds. The summed E-state index contributed by atoms with van der Waals surface area (Å²) in [5.41, 5.74) is 0.333. The monoisotopic (exact) mass is 128 g/mol. The van der Waals surface area contributed by atoms with Gasteiger partial charge in [0.15, 0.2) is 6.29 Å². The number of hydrogen-bond donors (Lipinski definition) is 1. The first-order chi connectivity index (χ1) is 4.22. The number of aliphatic hydroxyl groups is 1. The van der Waals surface area contributed by atoms with Gasteiger partial charge < -0.3 is 9.84 Å². The first kappa shape index (κ1) is 5.69. The van der Waals surface area contributed by atoms with Gasteiger partial charge in [0, 0.05) is 5.92 Å². The molecule has 9 heavy (non-hydrogen) atoms. The normalized spacial score (nSPS) is 56.7. The first-order valence-corrected chi connectivity index (χ1v) is 3.52. The van der Waals surface area contributed by atoms with Crippen LogP contribution in [-0.4, -0.2) is 18.0 Å². The molecule has 3 atom stereocenters. The van der Waals surface area contributed by atoms with Crippen LogP contribution in [0.3, 0.4) is 0 Å². The van der Waals surface area contributed by atoms with Gasteiger partial charge in [-0.3, -0.25) is 0 Å². The highest BCUT2D eigenvalue weighted by molar-refractivity contribution is 4.97. The van der Waals surface area contributed by atoms with E-state index in [0.29, 0.717) is 11.3 Å². The van der Waals surface area contributed by atoms with Crippen LogP contribution >= 0.6 is 0 Å². The summed E-state index contributed by atoms with van der Waals surface area (Å²) in [5.74, 6) is 0.442. The molecule has 1 saturated carbocycles. The fraction of sp³-hybridized carbons (Fsp3) is 1.00. The zero-order valence-electron chi connectivity index (χ0n) is 5.63. The van der Waals surface area contributed by atoms with Gasteiger partial charge in [0.25, 0.3) is 0 Å². The Bertz CT molecular complexity index is 135. The third-order valence-corrected chi connectivity index (χ3v) is 2.85. The maximum Gasteiger partial charge on any atom is 0.157 e. The molecule has 0 aromatic rings. The van der Waals surface area contributed by atoms with Crippen molar-refractivity contribution in [2.24, 2.45) is 11.3 Å². The zero-order valence-corrected chi connectivity index (χ0v) is 5.63. The van der Waals surface area contributed by atoms with Gasteiger partial charge in [-0.15, -0.1) is 0 Å². The summed E-state index contributed by atoms with van der Waals surface area (Å²) in [6.07, 6.45) is 1.93. The lowest BCUT2D eigenvalue weighted by atomic mass is 9.63. The van der Waals surface area contributed by atoms with Crippen LogP contribution in [-0.2, 0) is 4.74 Å². The lowest BCUT2D eigenvalue weighted by molar-refractivity contribution is -0.0911. The molecule has 2 nitrogen and oxygen atoms in total. The Hall–Kier alpha value is -0.0800. The molecule has 1 aliphatic heterocycles. The van der Waals surface area contributed by atoms with Gasteiger partial charge in [-0.2, -0.15) is 0 Å². The van der Waals surface area contributed by atoms with Crippen molar-refractivity contribution in [2.75, 3.05) is 6.61 Å². The first-order valence-electron chi connectivity index (χ1n) is 3.52. The van der Waals surface area contributed by atoms with E-state index in [1.165, 1.54) is 6.42 Å². The second-order valence-electron chi connectivity index (χ2n) is 3.50. The third kappa shape index (κ3) is 0.578. The fourth-order valence-electron chi connectivity index (χ4n) is 1.86. The Kier molecular flexibility index (Phi) is 0.945. The Morgan fingerprint density at radius 1 is 1.67 bits per heavy atom. The molecular formula is C7H12O2. The SMILES string of the molecule is C[C@@]12CC[C@@H]1[C@H](O)OC2. The van der Waals surface area contributed by atoms with Crippen molar-refractivity contribution >= 4 is 0 Å². The highest BCUT2D eigenvalue weighted by Crippen LogP contribution is 2.52. The van der Waals surface area contributed by atoms with Crippen LogP contribution in [0.1, 0.15) is 19.8 Å². The van der Waals surface area contributed by atoms with Crippen LogP contribution in [0.5, 0.6) is 0 Å². The summed E-state index contributed by atoms with van der Waals surface area (Å²) >= 11 is 0. The molecule has 0 bridgehead atoms. The average Bonchev–Trinajstić information content (AvgIpc) is 1.93. The molecule has 0 radical (unpaired) electrons. The van der Waals surface area contributed by atoms with Gasteiger partial charge in [-0.05, 0) is 18.3 Å². The van der Waals surface area contributed by atoms with Crippen LogP contribution in [0.2, 0.25) is 0 Å². The number of rotatable bonds is 0. The van der Waals surface area contributed by atoms with E-state index >= 15 is 0 Å². The Labute approximate surface area is 54.8 Å². The molecule has 0 unspecified atom stereocenters. The lowest BCUT2D eigenvalue weighted by Gasteiger charge is -2.40. The zero-order chi connectivity index (χ0) is 6.48. The van der Waals surface area contributed by atoms with E-state index in [0.717, 1.165) is 13.0 Å². The van der Waals surface area contributed by atoms with E-state index in [2.05, 4.69) is 6.92 Å². The van der Waals surface area contributed by atoms with Gasteiger partial charge in [0.1, 0.15) is 0 Å². The van der Waals surface area contributed by atoms with Crippen molar-refractivity contribution in [1.29, 1.82) is 0 Å². The van der Waals surface area contributed by atoms with Crippen molar-refractivity contribution in [3.8, 4) is 0 Å². The van der Waals surface area contributed by atoms with E-state index in [1.54, 1.807) is 0 Å². The second-order valence-corrected chi connectivity index (χ2v) is 3.50. The highest BCUT2D eigenvalue weighted by Gasteiger charge is 2.52. The van der Waals surface area contributed by atoms with E-state index in [9.17, 15) is 0 Å². The molecule has 1 aliphatic carbocycles. The molecule has 2 fully saturated rings. The maximum absolute atomic E-state index is 9.16. The van der Waals surface area contributed by atoms with Gasteiger partial charge in [0.05, 0.1) is 6.61 Å².